The van der Waals surface area contributed by atoms with E-state index in [0.29, 0.717) is 6.61 Å². The van der Waals surface area contributed by atoms with Gasteiger partial charge < -0.3 is 19.9 Å². The Balaban J connectivity index is 2.28. The fourth-order valence-corrected chi connectivity index (χ4v) is 1.21. The van der Waals surface area contributed by atoms with Gasteiger partial charge in [-0.2, -0.15) is 0 Å². The van der Waals surface area contributed by atoms with Gasteiger partial charge in [0.2, 0.25) is 0 Å². The second kappa shape index (κ2) is 5.48. The minimum Gasteiger partial charge on any atom is -0.394 e. The maximum atomic E-state index is 8.86. The summed E-state index contributed by atoms with van der Waals surface area (Å²) >= 11 is 0. The molecule has 0 amide bonds. The topological polar surface area (TPSA) is 50.7 Å². The molecule has 4 nitrogen and oxygen atoms in total. The third-order valence-electron chi connectivity index (χ3n) is 2.07. The predicted octanol–water partition coefficient (Wildman–Crippen LogP) is -0.628. The van der Waals surface area contributed by atoms with Crippen LogP contribution in [-0.2, 0) is 9.47 Å². The molecule has 4 heteroatoms. The summed E-state index contributed by atoms with van der Waals surface area (Å²) in [4.78, 5) is 0. The number of nitrogens with one attached hydrogen (secondary N) is 1. The first-order valence-electron chi connectivity index (χ1n) is 4.32. The van der Waals surface area contributed by atoms with E-state index in [4.69, 9.17) is 14.6 Å². The van der Waals surface area contributed by atoms with E-state index in [0.717, 1.165) is 19.5 Å². The van der Waals surface area contributed by atoms with Gasteiger partial charge in [0.15, 0.2) is 0 Å². The van der Waals surface area contributed by atoms with E-state index in [1.807, 2.05) is 0 Å². The summed E-state index contributed by atoms with van der Waals surface area (Å²) in [5, 5.41) is 12.0. The van der Waals surface area contributed by atoms with Crippen LogP contribution < -0.4 is 5.32 Å². The summed E-state index contributed by atoms with van der Waals surface area (Å²) in [6.07, 6.45) is 1.05. The molecule has 2 atom stereocenters. The summed E-state index contributed by atoms with van der Waals surface area (Å²) in [6.45, 7) is 2.32. The van der Waals surface area contributed by atoms with Crippen molar-refractivity contribution >= 4 is 0 Å². The van der Waals surface area contributed by atoms with E-state index in [1.165, 1.54) is 0 Å². The molecule has 0 aliphatic carbocycles. The summed E-state index contributed by atoms with van der Waals surface area (Å²) in [5.74, 6) is 0. The zero-order chi connectivity index (χ0) is 8.81. The van der Waals surface area contributed by atoms with Crippen LogP contribution in [-0.4, -0.2) is 50.7 Å². The van der Waals surface area contributed by atoms with Crippen molar-refractivity contribution in [2.45, 2.75) is 18.6 Å². The summed E-state index contributed by atoms with van der Waals surface area (Å²) < 4.78 is 10.6. The molecule has 1 heterocycles. The Morgan fingerprint density at radius 2 is 2.50 bits per heavy atom. The molecule has 0 aromatic rings. The molecule has 1 fully saturated rings. The first-order chi connectivity index (χ1) is 5.86. The average molecular weight is 175 g/mol. The molecule has 1 saturated heterocycles. The molecule has 0 aromatic heterocycles. The molecule has 1 aliphatic rings. The van der Waals surface area contributed by atoms with Crippen LogP contribution in [0.5, 0.6) is 0 Å². The highest BCUT2D eigenvalue weighted by Crippen LogP contribution is 2.02. The van der Waals surface area contributed by atoms with Crippen LogP contribution in [0.4, 0.5) is 0 Å². The standard InChI is InChI=1S/C8H17NO3/c1-11-7-2-3-9-4-8(5-10)12-6-7/h7-10H,2-6H2,1H3/t7-,8-/m0/s1. The van der Waals surface area contributed by atoms with Crippen LogP contribution in [0.25, 0.3) is 0 Å². The van der Waals surface area contributed by atoms with Crippen LogP contribution in [0.2, 0.25) is 0 Å². The Kier molecular flexibility index (Phi) is 4.53. The number of hydrogen-bond donors (Lipinski definition) is 2. The predicted molar refractivity (Wildman–Crippen MR) is 45.1 cm³/mol. The van der Waals surface area contributed by atoms with Gasteiger partial charge in [-0.1, -0.05) is 0 Å². The van der Waals surface area contributed by atoms with Gasteiger partial charge in [-0.3, -0.25) is 0 Å². The molecule has 0 aromatic carbocycles. The molecule has 72 valence electrons. The van der Waals surface area contributed by atoms with Crippen molar-refractivity contribution in [3.05, 3.63) is 0 Å². The molecule has 1 rings (SSSR count). The highest BCUT2D eigenvalue weighted by Gasteiger charge is 2.15. The fourth-order valence-electron chi connectivity index (χ4n) is 1.21. The van der Waals surface area contributed by atoms with E-state index in [9.17, 15) is 0 Å². The van der Waals surface area contributed by atoms with E-state index < -0.39 is 0 Å². The van der Waals surface area contributed by atoms with Crippen LogP contribution >= 0.6 is 0 Å². The second-order valence-electron chi connectivity index (χ2n) is 2.99. The molecular formula is C8H17NO3. The smallest absolute Gasteiger partial charge is 0.0930 e. The number of rotatable bonds is 2. The number of aliphatic hydroxyl groups is 1. The van der Waals surface area contributed by atoms with Crippen molar-refractivity contribution in [3.8, 4) is 0 Å². The fraction of sp³-hybridized carbons (Fsp3) is 1.00. The van der Waals surface area contributed by atoms with Gasteiger partial charge >= 0.3 is 0 Å². The van der Waals surface area contributed by atoms with Crippen molar-refractivity contribution in [3.63, 3.8) is 0 Å². The number of ether oxygens (including phenoxy) is 2. The summed E-state index contributed by atoms with van der Waals surface area (Å²) in [7, 11) is 1.68. The molecule has 2 N–H and O–H groups in total. The lowest BCUT2D eigenvalue weighted by Crippen LogP contribution is -2.39. The van der Waals surface area contributed by atoms with Crippen LogP contribution in [0.3, 0.4) is 0 Å². The van der Waals surface area contributed by atoms with Crippen LogP contribution in [0, 0.1) is 0 Å². The van der Waals surface area contributed by atoms with Crippen LogP contribution in [0.1, 0.15) is 6.42 Å². The van der Waals surface area contributed by atoms with E-state index in [-0.39, 0.29) is 18.8 Å². The molecule has 0 spiro atoms. The van der Waals surface area contributed by atoms with Crippen molar-refractivity contribution in [2.24, 2.45) is 0 Å². The zero-order valence-electron chi connectivity index (χ0n) is 7.45. The molecule has 0 saturated carbocycles. The molecule has 0 bridgehead atoms. The minimum absolute atomic E-state index is 0.0729. The second-order valence-corrected chi connectivity index (χ2v) is 2.99. The molecule has 0 radical (unpaired) electrons. The molecule has 0 unspecified atom stereocenters. The maximum Gasteiger partial charge on any atom is 0.0930 e. The van der Waals surface area contributed by atoms with Gasteiger partial charge in [-0.05, 0) is 13.0 Å². The lowest BCUT2D eigenvalue weighted by Gasteiger charge is -2.24. The third kappa shape index (κ3) is 3.06. The van der Waals surface area contributed by atoms with E-state index >= 15 is 0 Å². The Morgan fingerprint density at radius 1 is 1.67 bits per heavy atom. The van der Waals surface area contributed by atoms with Gasteiger partial charge in [0.05, 0.1) is 25.4 Å². The third-order valence-corrected chi connectivity index (χ3v) is 2.07. The number of hydrogen-bond acceptors (Lipinski definition) is 4. The highest BCUT2D eigenvalue weighted by atomic mass is 16.5. The van der Waals surface area contributed by atoms with Gasteiger partial charge in [-0.25, -0.2) is 0 Å². The van der Waals surface area contributed by atoms with Crippen molar-refractivity contribution in [2.75, 3.05) is 33.4 Å². The minimum atomic E-state index is -0.0806. The Labute approximate surface area is 72.9 Å². The zero-order valence-corrected chi connectivity index (χ0v) is 7.45. The monoisotopic (exact) mass is 175 g/mol. The summed E-state index contributed by atoms with van der Waals surface area (Å²) in [5.41, 5.74) is 0. The lowest BCUT2D eigenvalue weighted by molar-refractivity contribution is -0.0542. The van der Waals surface area contributed by atoms with Crippen molar-refractivity contribution in [1.29, 1.82) is 0 Å². The average Bonchev–Trinajstić information content (AvgIpc) is 2.05. The van der Waals surface area contributed by atoms with Crippen LogP contribution in [0.15, 0.2) is 0 Å². The molecule has 1 aliphatic heterocycles. The van der Waals surface area contributed by atoms with E-state index in [2.05, 4.69) is 5.32 Å². The number of methoxy groups -OCH3 is 1. The largest absolute Gasteiger partial charge is 0.394 e. The Morgan fingerprint density at radius 3 is 3.17 bits per heavy atom. The molecular weight excluding hydrogens is 158 g/mol. The van der Waals surface area contributed by atoms with Crippen molar-refractivity contribution in [1.82, 2.24) is 5.32 Å². The van der Waals surface area contributed by atoms with E-state index in [1.54, 1.807) is 7.11 Å². The van der Waals surface area contributed by atoms with Gasteiger partial charge in [-0.15, -0.1) is 0 Å². The number of aliphatic hydroxyl groups excluding tert-OH is 1. The molecule has 12 heavy (non-hydrogen) atoms. The Hall–Kier alpha value is -0.160. The maximum absolute atomic E-state index is 8.86. The summed E-state index contributed by atoms with van der Waals surface area (Å²) in [6, 6.07) is 0. The Bertz CT molecular complexity index is 107. The highest BCUT2D eigenvalue weighted by molar-refractivity contribution is 4.68. The van der Waals surface area contributed by atoms with Gasteiger partial charge in [0, 0.05) is 13.7 Å². The van der Waals surface area contributed by atoms with Gasteiger partial charge in [0.25, 0.3) is 0 Å². The first kappa shape index (κ1) is 9.92. The lowest BCUT2D eigenvalue weighted by atomic mass is 10.2. The normalized spacial score (nSPS) is 32.5. The van der Waals surface area contributed by atoms with Gasteiger partial charge in [0.1, 0.15) is 0 Å². The quantitative estimate of drug-likeness (QED) is 0.587. The first-order valence-corrected chi connectivity index (χ1v) is 4.32. The van der Waals surface area contributed by atoms with Crippen molar-refractivity contribution < 1.29 is 14.6 Å². The SMILES string of the molecule is CO[C@H]1CCNC[C@@H](CO)OC1.